The molecule has 0 aliphatic carbocycles. The molecule has 0 saturated carbocycles. The molecule has 3 rings (SSSR count). The average molecular weight is 415 g/mol. The summed E-state index contributed by atoms with van der Waals surface area (Å²) in [6, 6.07) is 12.6. The second-order valence-electron chi connectivity index (χ2n) is 6.39. The van der Waals surface area contributed by atoms with Crippen LogP contribution in [0.2, 0.25) is 0 Å². The van der Waals surface area contributed by atoms with Crippen LogP contribution in [0.4, 0.5) is 11.4 Å². The van der Waals surface area contributed by atoms with Gasteiger partial charge >= 0.3 is 0 Å². The highest BCUT2D eigenvalue weighted by Crippen LogP contribution is 2.22. The number of carbonyl (C=O) groups excluding carboxylic acids is 1. The standard InChI is InChI=1S/C20H21N3O5S/c1-13-19(14(2)28-22-13)12-20(24)21-16-5-4-6-18(11-16)29(25,26)23-15-7-9-17(27-3)10-8-15/h4-11,23H,12H2,1-3H3,(H,21,24). The van der Waals surface area contributed by atoms with Gasteiger partial charge in [0.1, 0.15) is 11.5 Å². The Labute approximate surface area is 168 Å². The third-order valence-electron chi connectivity index (χ3n) is 4.29. The van der Waals surface area contributed by atoms with E-state index >= 15 is 0 Å². The van der Waals surface area contributed by atoms with E-state index in [1.165, 1.54) is 19.2 Å². The highest BCUT2D eigenvalue weighted by atomic mass is 32.2. The van der Waals surface area contributed by atoms with E-state index in [2.05, 4.69) is 15.2 Å². The third kappa shape index (κ3) is 4.94. The Morgan fingerprint density at radius 2 is 1.83 bits per heavy atom. The predicted octanol–water partition coefficient (Wildman–Crippen LogP) is 3.28. The van der Waals surface area contributed by atoms with Gasteiger partial charge in [0, 0.05) is 16.9 Å². The van der Waals surface area contributed by atoms with Gasteiger partial charge in [-0.2, -0.15) is 0 Å². The second-order valence-corrected chi connectivity index (χ2v) is 8.07. The molecule has 8 nitrogen and oxygen atoms in total. The number of anilines is 2. The number of carbonyl (C=O) groups is 1. The monoisotopic (exact) mass is 415 g/mol. The lowest BCUT2D eigenvalue weighted by Gasteiger charge is -2.11. The van der Waals surface area contributed by atoms with Crippen molar-refractivity contribution in [2.45, 2.75) is 25.2 Å². The molecule has 1 heterocycles. The van der Waals surface area contributed by atoms with Crippen molar-refractivity contribution < 1.29 is 22.5 Å². The van der Waals surface area contributed by atoms with Crippen molar-refractivity contribution >= 4 is 27.3 Å². The van der Waals surface area contributed by atoms with Gasteiger partial charge in [-0.15, -0.1) is 0 Å². The van der Waals surface area contributed by atoms with Crippen molar-refractivity contribution in [2.75, 3.05) is 17.1 Å². The number of ether oxygens (including phenoxy) is 1. The Kier molecular flexibility index (Phi) is 5.88. The van der Waals surface area contributed by atoms with Crippen LogP contribution in [0.1, 0.15) is 17.0 Å². The predicted molar refractivity (Wildman–Crippen MR) is 109 cm³/mol. The molecule has 1 aromatic heterocycles. The highest BCUT2D eigenvalue weighted by molar-refractivity contribution is 7.92. The number of nitrogens with zero attached hydrogens (tertiary/aromatic N) is 1. The normalized spacial score (nSPS) is 11.1. The van der Waals surface area contributed by atoms with E-state index in [9.17, 15) is 13.2 Å². The Morgan fingerprint density at radius 1 is 1.10 bits per heavy atom. The number of sulfonamides is 1. The zero-order valence-corrected chi connectivity index (χ0v) is 17.0. The molecular weight excluding hydrogens is 394 g/mol. The summed E-state index contributed by atoms with van der Waals surface area (Å²) in [7, 11) is -2.29. The second kappa shape index (κ2) is 8.36. The van der Waals surface area contributed by atoms with E-state index in [1.807, 2.05) is 0 Å². The van der Waals surface area contributed by atoms with E-state index in [1.54, 1.807) is 50.2 Å². The fourth-order valence-corrected chi connectivity index (χ4v) is 3.84. The van der Waals surface area contributed by atoms with Crippen molar-refractivity contribution in [1.82, 2.24) is 5.16 Å². The maximum Gasteiger partial charge on any atom is 0.261 e. The lowest BCUT2D eigenvalue weighted by Crippen LogP contribution is -2.16. The van der Waals surface area contributed by atoms with Crippen LogP contribution in [-0.2, 0) is 21.2 Å². The van der Waals surface area contributed by atoms with E-state index in [4.69, 9.17) is 9.26 Å². The van der Waals surface area contributed by atoms with Crippen LogP contribution in [0.25, 0.3) is 0 Å². The summed E-state index contributed by atoms with van der Waals surface area (Å²) >= 11 is 0. The minimum Gasteiger partial charge on any atom is -0.497 e. The van der Waals surface area contributed by atoms with Crippen LogP contribution < -0.4 is 14.8 Å². The van der Waals surface area contributed by atoms with Crippen LogP contribution in [0.15, 0.2) is 57.9 Å². The molecule has 0 atom stereocenters. The van der Waals surface area contributed by atoms with Gasteiger partial charge in [-0.05, 0) is 56.3 Å². The molecule has 9 heteroatoms. The fraction of sp³-hybridized carbons (Fsp3) is 0.200. The first-order valence-electron chi connectivity index (χ1n) is 8.77. The molecule has 0 aliphatic heterocycles. The van der Waals surface area contributed by atoms with Gasteiger partial charge in [0.2, 0.25) is 5.91 Å². The van der Waals surface area contributed by atoms with Crippen LogP contribution >= 0.6 is 0 Å². The molecule has 0 fully saturated rings. The van der Waals surface area contributed by atoms with Crippen LogP contribution in [-0.4, -0.2) is 26.6 Å². The first kappa shape index (κ1) is 20.4. The Bertz CT molecular complexity index is 1100. The molecule has 0 radical (unpaired) electrons. The third-order valence-corrected chi connectivity index (χ3v) is 5.67. The summed E-state index contributed by atoms with van der Waals surface area (Å²) in [5.41, 5.74) is 2.14. The topological polar surface area (TPSA) is 111 Å². The van der Waals surface area contributed by atoms with Crippen molar-refractivity contribution in [3.8, 4) is 5.75 Å². The molecule has 29 heavy (non-hydrogen) atoms. The quantitative estimate of drug-likeness (QED) is 0.613. The highest BCUT2D eigenvalue weighted by Gasteiger charge is 2.17. The van der Waals surface area contributed by atoms with Gasteiger partial charge in [-0.3, -0.25) is 9.52 Å². The molecule has 152 valence electrons. The van der Waals surface area contributed by atoms with Gasteiger partial charge in [-0.1, -0.05) is 11.2 Å². The molecule has 2 aromatic carbocycles. The Balaban J connectivity index is 1.73. The number of amides is 1. The lowest BCUT2D eigenvalue weighted by molar-refractivity contribution is -0.115. The van der Waals surface area contributed by atoms with Gasteiger partial charge in [0.25, 0.3) is 10.0 Å². The molecule has 0 bridgehead atoms. The summed E-state index contributed by atoms with van der Waals surface area (Å²) in [6.45, 7) is 3.50. The first-order chi connectivity index (χ1) is 13.8. The number of methoxy groups -OCH3 is 1. The molecule has 0 aliphatic rings. The first-order valence-corrected chi connectivity index (χ1v) is 10.3. The summed E-state index contributed by atoms with van der Waals surface area (Å²) in [5, 5.41) is 6.53. The lowest BCUT2D eigenvalue weighted by atomic mass is 10.1. The number of rotatable bonds is 7. The molecule has 2 N–H and O–H groups in total. The Morgan fingerprint density at radius 3 is 2.45 bits per heavy atom. The minimum atomic E-state index is -3.82. The van der Waals surface area contributed by atoms with Crippen molar-refractivity contribution in [2.24, 2.45) is 0 Å². The fourth-order valence-electron chi connectivity index (χ4n) is 2.73. The zero-order valence-electron chi connectivity index (χ0n) is 16.2. The van der Waals surface area contributed by atoms with Crippen LogP contribution in [0.3, 0.4) is 0 Å². The van der Waals surface area contributed by atoms with Crippen molar-refractivity contribution in [3.63, 3.8) is 0 Å². The Hall–Kier alpha value is -3.33. The maximum absolute atomic E-state index is 12.7. The summed E-state index contributed by atoms with van der Waals surface area (Å²) in [6.07, 6.45) is 0.0856. The van der Waals surface area contributed by atoms with E-state index < -0.39 is 10.0 Å². The number of aromatic nitrogens is 1. The van der Waals surface area contributed by atoms with Crippen LogP contribution in [0, 0.1) is 13.8 Å². The molecule has 3 aromatic rings. The average Bonchev–Trinajstić information content (AvgIpc) is 3.00. The maximum atomic E-state index is 12.7. The number of aryl methyl sites for hydroxylation is 2. The zero-order chi connectivity index (χ0) is 21.0. The molecule has 0 spiro atoms. The SMILES string of the molecule is COc1ccc(NS(=O)(=O)c2cccc(NC(=O)Cc3c(C)noc3C)c2)cc1. The summed E-state index contributed by atoms with van der Waals surface area (Å²) in [5.74, 6) is 0.908. The summed E-state index contributed by atoms with van der Waals surface area (Å²) < 4.78 is 37.9. The number of hydrogen-bond donors (Lipinski definition) is 2. The van der Waals surface area contributed by atoms with Crippen molar-refractivity contribution in [1.29, 1.82) is 0 Å². The van der Waals surface area contributed by atoms with Gasteiger partial charge < -0.3 is 14.6 Å². The number of hydrogen-bond acceptors (Lipinski definition) is 6. The smallest absolute Gasteiger partial charge is 0.261 e. The van der Waals surface area contributed by atoms with Gasteiger partial charge in [0.15, 0.2) is 0 Å². The van der Waals surface area contributed by atoms with Gasteiger partial charge in [0.05, 0.1) is 24.1 Å². The molecule has 1 amide bonds. The number of nitrogens with one attached hydrogen (secondary N) is 2. The number of benzene rings is 2. The minimum absolute atomic E-state index is 0.0310. The van der Waals surface area contributed by atoms with Crippen molar-refractivity contribution in [3.05, 3.63) is 65.5 Å². The molecule has 0 unspecified atom stereocenters. The van der Waals surface area contributed by atoms with Gasteiger partial charge in [-0.25, -0.2) is 8.42 Å². The van der Waals surface area contributed by atoms with E-state index in [0.717, 1.165) is 0 Å². The molecular formula is C20H21N3O5S. The summed E-state index contributed by atoms with van der Waals surface area (Å²) in [4.78, 5) is 12.4. The van der Waals surface area contributed by atoms with Crippen LogP contribution in [0.5, 0.6) is 5.75 Å². The van der Waals surface area contributed by atoms with E-state index in [-0.39, 0.29) is 17.2 Å². The molecule has 0 saturated heterocycles. The van der Waals surface area contributed by atoms with E-state index in [0.29, 0.717) is 34.1 Å². The largest absolute Gasteiger partial charge is 0.497 e.